The van der Waals surface area contributed by atoms with E-state index in [0.717, 1.165) is 0 Å². The van der Waals surface area contributed by atoms with Crippen LogP contribution in [0.5, 0.6) is 0 Å². The summed E-state index contributed by atoms with van der Waals surface area (Å²) in [5, 5.41) is 1.94. The van der Waals surface area contributed by atoms with E-state index < -0.39 is 5.66 Å². The van der Waals surface area contributed by atoms with Gasteiger partial charge in [0.05, 0.1) is 7.11 Å². The highest BCUT2D eigenvalue weighted by molar-refractivity contribution is 5.24. The van der Waals surface area contributed by atoms with Crippen LogP contribution in [0.3, 0.4) is 0 Å². The van der Waals surface area contributed by atoms with E-state index in [0.29, 0.717) is 11.6 Å². The molecule has 0 saturated carbocycles. The van der Waals surface area contributed by atoms with Crippen molar-refractivity contribution in [3.63, 3.8) is 0 Å². The largest absolute Gasteiger partial charge is 0.480 e. The fourth-order valence-electron chi connectivity index (χ4n) is 1.87. The molecule has 0 radical (unpaired) electrons. The molecular formula is C10H22N4O. The molecule has 5 N–H and O–H groups in total. The molecule has 0 spiro atoms. The van der Waals surface area contributed by atoms with Crippen LogP contribution < -0.4 is 16.9 Å². The molecule has 5 heteroatoms. The molecule has 0 amide bonds. The minimum absolute atomic E-state index is 0.194. The fourth-order valence-corrected chi connectivity index (χ4v) is 1.87. The maximum absolute atomic E-state index is 6.36. The second-order valence-corrected chi connectivity index (χ2v) is 4.50. The second kappa shape index (κ2) is 3.90. The summed E-state index contributed by atoms with van der Waals surface area (Å²) in [4.78, 5) is 0. The molecule has 1 rings (SSSR count). The van der Waals surface area contributed by atoms with Gasteiger partial charge in [-0.15, -0.1) is 0 Å². The molecule has 1 atom stereocenters. The molecule has 0 aromatic rings. The van der Waals surface area contributed by atoms with Gasteiger partial charge in [-0.05, 0) is 19.8 Å². The minimum Gasteiger partial charge on any atom is -0.480 e. The van der Waals surface area contributed by atoms with E-state index in [4.69, 9.17) is 16.2 Å². The van der Waals surface area contributed by atoms with Gasteiger partial charge in [0.2, 0.25) is 5.88 Å². The van der Waals surface area contributed by atoms with E-state index in [1.807, 2.05) is 18.9 Å². The molecule has 0 aromatic heterocycles. The first-order valence-electron chi connectivity index (χ1n) is 5.24. The highest BCUT2D eigenvalue weighted by Crippen LogP contribution is 2.31. The smallest absolute Gasteiger partial charge is 0.224 e. The molecule has 1 heterocycles. The Hall–Kier alpha value is -0.940. The van der Waals surface area contributed by atoms with Crippen LogP contribution >= 0.6 is 0 Å². The van der Waals surface area contributed by atoms with Gasteiger partial charge >= 0.3 is 0 Å². The summed E-state index contributed by atoms with van der Waals surface area (Å²) in [6.45, 7) is 8.21. The van der Waals surface area contributed by atoms with Crippen molar-refractivity contribution in [1.29, 1.82) is 0 Å². The van der Waals surface area contributed by atoms with Crippen molar-refractivity contribution in [2.45, 2.75) is 39.4 Å². The average Bonchev–Trinajstić information content (AvgIpc) is 2.41. The third-order valence-corrected chi connectivity index (χ3v) is 2.90. The Labute approximate surface area is 91.4 Å². The van der Waals surface area contributed by atoms with Crippen LogP contribution in [-0.2, 0) is 4.74 Å². The number of hydrogen-bond acceptors (Lipinski definition) is 5. The third-order valence-electron chi connectivity index (χ3n) is 2.90. The van der Waals surface area contributed by atoms with E-state index in [2.05, 4.69) is 19.3 Å². The molecule has 88 valence electrons. The van der Waals surface area contributed by atoms with Crippen LogP contribution in [0, 0.1) is 5.92 Å². The normalized spacial score (nSPS) is 27.7. The van der Waals surface area contributed by atoms with Crippen molar-refractivity contribution in [2.24, 2.45) is 17.4 Å². The van der Waals surface area contributed by atoms with Crippen molar-refractivity contribution in [1.82, 2.24) is 10.4 Å². The number of methoxy groups -OCH3 is 1. The zero-order valence-corrected chi connectivity index (χ0v) is 10.2. The van der Waals surface area contributed by atoms with Crippen molar-refractivity contribution in [2.75, 3.05) is 7.11 Å². The summed E-state index contributed by atoms with van der Waals surface area (Å²) in [6.07, 6.45) is 0. The number of rotatable bonds is 3. The van der Waals surface area contributed by atoms with Crippen LogP contribution in [0.25, 0.3) is 0 Å². The predicted octanol–water partition coefficient (Wildman–Crippen LogP) is 0.300. The molecule has 1 unspecified atom stereocenters. The van der Waals surface area contributed by atoms with Gasteiger partial charge in [0.25, 0.3) is 0 Å². The number of ether oxygens (including phenoxy) is 1. The maximum atomic E-state index is 6.36. The highest BCUT2D eigenvalue weighted by atomic mass is 16.5. The van der Waals surface area contributed by atoms with E-state index >= 15 is 0 Å². The van der Waals surface area contributed by atoms with Crippen LogP contribution in [-0.4, -0.2) is 23.8 Å². The lowest BCUT2D eigenvalue weighted by atomic mass is 9.93. The predicted molar refractivity (Wildman–Crippen MR) is 60.1 cm³/mol. The lowest BCUT2D eigenvalue weighted by Crippen LogP contribution is -2.63. The summed E-state index contributed by atoms with van der Waals surface area (Å²) in [5.41, 5.74) is 15.4. The summed E-state index contributed by atoms with van der Waals surface area (Å²) in [5.74, 6) is 0.750. The summed E-state index contributed by atoms with van der Waals surface area (Å²) < 4.78 is 5.17. The van der Waals surface area contributed by atoms with Gasteiger partial charge < -0.3 is 16.2 Å². The molecule has 0 aromatic carbocycles. The van der Waals surface area contributed by atoms with Crippen molar-refractivity contribution in [3.8, 4) is 0 Å². The molecule has 0 fully saturated rings. The van der Waals surface area contributed by atoms with E-state index in [9.17, 15) is 0 Å². The zero-order chi connectivity index (χ0) is 11.8. The third kappa shape index (κ3) is 1.66. The molecule has 15 heavy (non-hydrogen) atoms. The topological polar surface area (TPSA) is 76.5 Å². The van der Waals surface area contributed by atoms with Crippen LogP contribution in [0.15, 0.2) is 11.6 Å². The summed E-state index contributed by atoms with van der Waals surface area (Å²) in [7, 11) is 1.58. The van der Waals surface area contributed by atoms with Gasteiger partial charge in [-0.1, -0.05) is 13.8 Å². The standard InChI is InChI=1S/C10H22N4O/c1-6(2)10(12)8(11)9(15-5)13-14(10)7(3)4/h6-7,13H,11-12H2,1-5H3. The molecule has 0 saturated heterocycles. The Morgan fingerprint density at radius 2 is 1.87 bits per heavy atom. The Kier molecular flexibility index (Phi) is 3.16. The Bertz CT molecular complexity index is 275. The first-order chi connectivity index (χ1) is 6.85. The van der Waals surface area contributed by atoms with Gasteiger partial charge in [0.15, 0.2) is 0 Å². The first kappa shape index (κ1) is 12.1. The second-order valence-electron chi connectivity index (χ2n) is 4.50. The van der Waals surface area contributed by atoms with Crippen molar-refractivity contribution < 1.29 is 4.74 Å². The molecule has 0 bridgehead atoms. The Balaban J connectivity index is 3.11. The van der Waals surface area contributed by atoms with Crippen molar-refractivity contribution in [3.05, 3.63) is 11.6 Å². The first-order valence-corrected chi connectivity index (χ1v) is 5.24. The molecular weight excluding hydrogens is 192 g/mol. The molecule has 0 aliphatic carbocycles. The van der Waals surface area contributed by atoms with E-state index in [1.165, 1.54) is 0 Å². The van der Waals surface area contributed by atoms with Gasteiger partial charge in [-0.2, -0.15) is 5.01 Å². The zero-order valence-electron chi connectivity index (χ0n) is 10.2. The van der Waals surface area contributed by atoms with Gasteiger partial charge in [-0.25, -0.2) is 0 Å². The Morgan fingerprint density at radius 1 is 1.33 bits per heavy atom. The number of hydrazine groups is 1. The summed E-state index contributed by atoms with van der Waals surface area (Å²) >= 11 is 0. The quantitative estimate of drug-likeness (QED) is 0.630. The molecule has 5 nitrogen and oxygen atoms in total. The number of nitrogens with one attached hydrogen (secondary N) is 1. The Morgan fingerprint density at radius 3 is 2.13 bits per heavy atom. The van der Waals surface area contributed by atoms with Crippen molar-refractivity contribution >= 4 is 0 Å². The molecule has 1 aliphatic rings. The SMILES string of the molecule is COC1=C(N)C(N)(C(C)C)N(C(C)C)N1. The van der Waals surface area contributed by atoms with Crippen LogP contribution in [0.2, 0.25) is 0 Å². The van der Waals surface area contributed by atoms with Crippen LogP contribution in [0.1, 0.15) is 27.7 Å². The van der Waals surface area contributed by atoms with Crippen LogP contribution in [0.4, 0.5) is 0 Å². The van der Waals surface area contributed by atoms with E-state index in [-0.39, 0.29) is 12.0 Å². The number of nitrogens with two attached hydrogens (primary N) is 2. The molecule has 1 aliphatic heterocycles. The lowest BCUT2D eigenvalue weighted by molar-refractivity contribution is 0.0247. The lowest BCUT2D eigenvalue weighted by Gasteiger charge is -2.40. The summed E-state index contributed by atoms with van der Waals surface area (Å²) in [6, 6.07) is 0.239. The van der Waals surface area contributed by atoms with Gasteiger partial charge in [0.1, 0.15) is 11.4 Å². The van der Waals surface area contributed by atoms with E-state index in [1.54, 1.807) is 7.11 Å². The highest BCUT2D eigenvalue weighted by Gasteiger charge is 2.47. The fraction of sp³-hybridized carbons (Fsp3) is 0.800. The van der Waals surface area contributed by atoms with Gasteiger partial charge in [-0.3, -0.25) is 5.43 Å². The minimum atomic E-state index is -0.681. The maximum Gasteiger partial charge on any atom is 0.224 e. The monoisotopic (exact) mass is 214 g/mol. The number of nitrogens with zero attached hydrogens (tertiary/aromatic N) is 1. The average molecular weight is 214 g/mol. The van der Waals surface area contributed by atoms with Gasteiger partial charge in [0, 0.05) is 6.04 Å². The number of hydrogen-bond donors (Lipinski definition) is 3.